The SMILES string of the molecule is O=C(NCCc1nc(-c2ccccc2)cs1)[C@H](Cc1ccccc1)n1cnnn1. The topological polar surface area (TPSA) is 85.6 Å². The van der Waals surface area contributed by atoms with Crippen molar-refractivity contribution in [3.05, 3.63) is 82.9 Å². The number of hydrogen-bond donors (Lipinski definition) is 1. The van der Waals surface area contributed by atoms with Crippen LogP contribution in [0.1, 0.15) is 16.6 Å². The van der Waals surface area contributed by atoms with E-state index < -0.39 is 6.04 Å². The van der Waals surface area contributed by atoms with Crippen LogP contribution in [0.25, 0.3) is 11.3 Å². The van der Waals surface area contributed by atoms with Crippen LogP contribution in [0, 0.1) is 0 Å². The first kappa shape index (κ1) is 18.9. The maximum Gasteiger partial charge on any atom is 0.245 e. The summed E-state index contributed by atoms with van der Waals surface area (Å²) < 4.78 is 1.50. The van der Waals surface area contributed by atoms with Gasteiger partial charge in [-0.25, -0.2) is 9.67 Å². The van der Waals surface area contributed by atoms with Crippen LogP contribution < -0.4 is 5.32 Å². The third kappa shape index (κ3) is 4.91. The molecule has 1 N–H and O–H groups in total. The van der Waals surface area contributed by atoms with Gasteiger partial charge >= 0.3 is 0 Å². The van der Waals surface area contributed by atoms with E-state index in [-0.39, 0.29) is 5.91 Å². The average Bonchev–Trinajstić information content (AvgIpc) is 3.46. The molecule has 0 aliphatic carbocycles. The number of nitrogens with one attached hydrogen (secondary N) is 1. The minimum atomic E-state index is -0.497. The summed E-state index contributed by atoms with van der Waals surface area (Å²) in [6, 6.07) is 19.4. The molecule has 0 radical (unpaired) electrons. The number of nitrogens with zero attached hydrogens (tertiary/aromatic N) is 5. The molecule has 0 fully saturated rings. The molecule has 29 heavy (non-hydrogen) atoms. The minimum Gasteiger partial charge on any atom is -0.354 e. The molecular weight excluding hydrogens is 384 g/mol. The first-order valence-corrected chi connectivity index (χ1v) is 10.2. The Labute approximate surface area is 172 Å². The van der Waals surface area contributed by atoms with Crippen molar-refractivity contribution >= 4 is 17.2 Å². The van der Waals surface area contributed by atoms with E-state index in [0.29, 0.717) is 19.4 Å². The van der Waals surface area contributed by atoms with Gasteiger partial charge in [0.1, 0.15) is 12.4 Å². The summed E-state index contributed by atoms with van der Waals surface area (Å²) in [6.45, 7) is 0.508. The van der Waals surface area contributed by atoms with Gasteiger partial charge in [0.15, 0.2) is 0 Å². The lowest BCUT2D eigenvalue weighted by atomic mass is 10.1. The van der Waals surface area contributed by atoms with Gasteiger partial charge in [-0.1, -0.05) is 60.7 Å². The molecule has 0 saturated heterocycles. The first-order valence-electron chi connectivity index (χ1n) is 9.33. The second-order valence-corrected chi connectivity index (χ2v) is 7.47. The molecular formula is C21H20N6OS. The zero-order valence-corrected chi connectivity index (χ0v) is 16.5. The fraction of sp³-hybridized carbons (Fsp3) is 0.190. The zero-order chi connectivity index (χ0) is 19.9. The molecule has 0 unspecified atom stereocenters. The predicted octanol–water partition coefficient (Wildman–Crippen LogP) is 2.94. The molecule has 8 heteroatoms. The van der Waals surface area contributed by atoms with Crippen molar-refractivity contribution in [2.45, 2.75) is 18.9 Å². The molecule has 1 atom stereocenters. The van der Waals surface area contributed by atoms with E-state index in [9.17, 15) is 4.79 Å². The highest BCUT2D eigenvalue weighted by Gasteiger charge is 2.22. The van der Waals surface area contributed by atoms with E-state index in [1.54, 1.807) is 11.3 Å². The molecule has 4 aromatic rings. The Bertz CT molecular complexity index is 1030. The van der Waals surface area contributed by atoms with Crippen LogP contribution in [-0.4, -0.2) is 37.6 Å². The predicted molar refractivity (Wildman–Crippen MR) is 111 cm³/mol. The van der Waals surface area contributed by atoms with Crippen molar-refractivity contribution in [1.29, 1.82) is 0 Å². The normalized spacial score (nSPS) is 11.9. The number of carbonyl (C=O) groups is 1. The molecule has 4 rings (SSSR count). The van der Waals surface area contributed by atoms with Gasteiger partial charge in [-0.15, -0.1) is 16.4 Å². The number of carbonyl (C=O) groups excluding carboxylic acids is 1. The van der Waals surface area contributed by atoms with E-state index in [4.69, 9.17) is 0 Å². The molecule has 0 spiro atoms. The summed E-state index contributed by atoms with van der Waals surface area (Å²) in [6.07, 6.45) is 2.67. The van der Waals surface area contributed by atoms with Gasteiger partial charge < -0.3 is 5.32 Å². The van der Waals surface area contributed by atoms with Gasteiger partial charge in [-0.2, -0.15) is 0 Å². The summed E-state index contributed by atoms with van der Waals surface area (Å²) in [7, 11) is 0. The van der Waals surface area contributed by atoms with Crippen LogP contribution in [0.2, 0.25) is 0 Å². The van der Waals surface area contributed by atoms with E-state index in [1.807, 2.05) is 66.0 Å². The van der Waals surface area contributed by atoms with Gasteiger partial charge in [-0.05, 0) is 16.0 Å². The Balaban J connectivity index is 1.36. The molecule has 0 aliphatic rings. The number of amides is 1. The Morgan fingerprint density at radius 2 is 1.83 bits per heavy atom. The highest BCUT2D eigenvalue weighted by atomic mass is 32.1. The molecule has 0 saturated carbocycles. The van der Waals surface area contributed by atoms with Crippen molar-refractivity contribution in [3.8, 4) is 11.3 Å². The van der Waals surface area contributed by atoms with Crippen molar-refractivity contribution < 1.29 is 4.79 Å². The van der Waals surface area contributed by atoms with Crippen LogP contribution in [-0.2, 0) is 17.6 Å². The fourth-order valence-corrected chi connectivity index (χ4v) is 3.84. The first-order chi connectivity index (χ1) is 14.3. The van der Waals surface area contributed by atoms with Gasteiger partial charge in [0.25, 0.3) is 0 Å². The molecule has 0 aliphatic heterocycles. The molecule has 2 aromatic carbocycles. The molecule has 0 bridgehead atoms. The second-order valence-electron chi connectivity index (χ2n) is 6.53. The summed E-state index contributed by atoms with van der Waals surface area (Å²) in [5.41, 5.74) is 3.11. The lowest BCUT2D eigenvalue weighted by Gasteiger charge is -2.16. The maximum atomic E-state index is 12.8. The number of benzene rings is 2. The number of tetrazole rings is 1. The number of hydrogen-bond acceptors (Lipinski definition) is 6. The van der Waals surface area contributed by atoms with Crippen molar-refractivity contribution in [2.75, 3.05) is 6.54 Å². The third-order valence-corrected chi connectivity index (χ3v) is 5.43. The third-order valence-electron chi connectivity index (χ3n) is 4.52. The summed E-state index contributed by atoms with van der Waals surface area (Å²) >= 11 is 1.60. The Morgan fingerprint density at radius 3 is 2.55 bits per heavy atom. The van der Waals surface area contributed by atoms with Gasteiger partial charge in [0, 0.05) is 30.3 Å². The molecule has 2 heterocycles. The summed E-state index contributed by atoms with van der Waals surface area (Å²) in [5.74, 6) is -0.110. The smallest absolute Gasteiger partial charge is 0.245 e. The molecule has 7 nitrogen and oxygen atoms in total. The Morgan fingerprint density at radius 1 is 1.07 bits per heavy atom. The molecule has 1 amide bonds. The Hall–Kier alpha value is -3.39. The van der Waals surface area contributed by atoms with Crippen molar-refractivity contribution in [1.82, 2.24) is 30.5 Å². The van der Waals surface area contributed by atoms with Gasteiger partial charge in [-0.3, -0.25) is 4.79 Å². The van der Waals surface area contributed by atoms with E-state index in [0.717, 1.165) is 21.8 Å². The van der Waals surface area contributed by atoms with Gasteiger partial charge in [0.2, 0.25) is 5.91 Å². The standard InChI is InChI=1S/C21H20N6OS/c28-21(19(27-15-23-25-26-27)13-16-7-3-1-4-8-16)22-12-11-20-24-18(14-29-20)17-9-5-2-6-10-17/h1-10,14-15,19H,11-13H2,(H,22,28)/t19-/m0/s1. The van der Waals surface area contributed by atoms with Gasteiger partial charge in [0.05, 0.1) is 10.7 Å². The summed E-state index contributed by atoms with van der Waals surface area (Å²) in [4.78, 5) is 17.5. The largest absolute Gasteiger partial charge is 0.354 e. The van der Waals surface area contributed by atoms with Crippen LogP contribution in [0.3, 0.4) is 0 Å². The number of rotatable bonds is 8. The molecule has 2 aromatic heterocycles. The monoisotopic (exact) mass is 404 g/mol. The number of thiazole rings is 1. The number of aromatic nitrogens is 5. The lowest BCUT2D eigenvalue weighted by Crippen LogP contribution is -2.35. The van der Waals surface area contributed by atoms with Crippen molar-refractivity contribution in [2.24, 2.45) is 0 Å². The van der Waals surface area contributed by atoms with Crippen LogP contribution in [0.5, 0.6) is 0 Å². The highest BCUT2D eigenvalue weighted by molar-refractivity contribution is 7.09. The quantitative estimate of drug-likeness (QED) is 0.488. The maximum absolute atomic E-state index is 12.8. The van der Waals surface area contributed by atoms with Crippen LogP contribution in [0.15, 0.2) is 72.4 Å². The fourth-order valence-electron chi connectivity index (χ4n) is 3.03. The minimum absolute atomic E-state index is 0.110. The summed E-state index contributed by atoms with van der Waals surface area (Å²) in [5, 5.41) is 17.3. The van der Waals surface area contributed by atoms with E-state index in [2.05, 4.69) is 25.8 Å². The zero-order valence-electron chi connectivity index (χ0n) is 15.7. The van der Waals surface area contributed by atoms with Crippen LogP contribution >= 0.6 is 11.3 Å². The van der Waals surface area contributed by atoms with E-state index >= 15 is 0 Å². The molecule has 146 valence electrons. The highest BCUT2D eigenvalue weighted by Crippen LogP contribution is 2.21. The average molecular weight is 404 g/mol. The van der Waals surface area contributed by atoms with Crippen molar-refractivity contribution in [3.63, 3.8) is 0 Å². The van der Waals surface area contributed by atoms with Crippen LogP contribution in [0.4, 0.5) is 0 Å². The lowest BCUT2D eigenvalue weighted by molar-refractivity contribution is -0.124. The second kappa shape index (κ2) is 9.20. The van der Waals surface area contributed by atoms with E-state index in [1.165, 1.54) is 11.0 Å². The Kier molecular flexibility index (Phi) is 6.01.